The molecule has 3 aromatic rings. The van der Waals surface area contributed by atoms with Crippen molar-refractivity contribution in [1.29, 1.82) is 0 Å². The second-order valence-corrected chi connectivity index (χ2v) is 6.06. The maximum absolute atomic E-state index is 14.0. The maximum atomic E-state index is 14.0. The largest absolute Gasteiger partial charge is 3.00 e. The third kappa shape index (κ3) is 5.21. The monoisotopic (exact) mass is 436 g/mol. The van der Waals surface area contributed by atoms with Crippen LogP contribution in [0.3, 0.4) is 0 Å². The van der Waals surface area contributed by atoms with Crippen molar-refractivity contribution < 1.29 is 46.6 Å². The third-order valence-electron chi connectivity index (χ3n) is 4.48. The Morgan fingerprint density at radius 1 is 0.889 bits per heavy atom. The molecule has 0 saturated heterocycles. The first-order chi connectivity index (χ1) is 11.8. The van der Waals surface area contributed by atoms with Gasteiger partial charge < -0.3 is 24.8 Å². The van der Waals surface area contributed by atoms with Crippen LogP contribution in [-0.2, 0) is 30.2 Å². The molecule has 0 spiro atoms. The van der Waals surface area contributed by atoms with E-state index in [1.165, 1.54) is 17.2 Å². The van der Waals surface area contributed by atoms with E-state index in [9.17, 15) is 4.39 Å². The van der Waals surface area contributed by atoms with E-state index in [1.807, 2.05) is 48.7 Å². The van der Waals surface area contributed by atoms with Gasteiger partial charge in [0.25, 0.3) is 0 Å². The molecule has 1 aliphatic rings. The van der Waals surface area contributed by atoms with Crippen molar-refractivity contribution in [2.45, 2.75) is 18.8 Å². The van der Waals surface area contributed by atoms with Crippen LogP contribution in [0, 0.1) is 11.9 Å². The topological polar surface area (TPSA) is 12.9 Å². The Labute approximate surface area is 182 Å². The zero-order chi connectivity index (χ0) is 16.4. The van der Waals surface area contributed by atoms with Crippen LogP contribution in [0.1, 0.15) is 28.3 Å². The van der Waals surface area contributed by atoms with E-state index in [0.29, 0.717) is 6.42 Å². The summed E-state index contributed by atoms with van der Waals surface area (Å²) in [6.45, 7) is 0. The quantitative estimate of drug-likeness (QED) is 0.478. The van der Waals surface area contributed by atoms with E-state index < -0.39 is 0 Å². The van der Waals surface area contributed by atoms with Crippen LogP contribution in [0.4, 0.5) is 4.39 Å². The fraction of sp³-hybridized carbons (Fsp3) is 0.136. The predicted octanol–water partition coefficient (Wildman–Crippen LogP) is -1.00. The zero-order valence-electron chi connectivity index (χ0n) is 14.4. The molecule has 0 bridgehead atoms. The normalized spacial score (nSPS) is 14.1. The van der Waals surface area contributed by atoms with Crippen molar-refractivity contribution in [3.8, 4) is 0 Å². The minimum absolute atomic E-state index is 0. The van der Waals surface area contributed by atoms with Crippen LogP contribution < -0.4 is 24.8 Å². The molecule has 1 aromatic heterocycles. The molecule has 4 rings (SSSR count). The number of hydrogen-bond acceptors (Lipinski definition) is 1. The molecular weight excluding hydrogens is 420 g/mol. The molecule has 1 atom stereocenters. The van der Waals surface area contributed by atoms with Crippen LogP contribution in [-0.4, -0.2) is 4.98 Å². The van der Waals surface area contributed by atoms with Crippen LogP contribution >= 0.6 is 0 Å². The van der Waals surface area contributed by atoms with Crippen molar-refractivity contribution in [3.63, 3.8) is 0 Å². The average molecular weight is 437 g/mol. The van der Waals surface area contributed by atoms with Crippen LogP contribution in [0.2, 0.25) is 0 Å². The van der Waals surface area contributed by atoms with Crippen molar-refractivity contribution >= 4 is 5.57 Å². The number of halogens is 3. The van der Waals surface area contributed by atoms with Crippen molar-refractivity contribution in [2.75, 3.05) is 0 Å². The number of rotatable bonds is 4. The number of fused-ring (bicyclic) bond motifs is 1. The number of aromatic nitrogens is 1. The summed E-state index contributed by atoms with van der Waals surface area (Å²) >= 11 is 0. The number of nitrogens with zero attached hydrogens (tertiary/aromatic N) is 1. The molecule has 2 aromatic carbocycles. The van der Waals surface area contributed by atoms with Gasteiger partial charge in [-0.3, -0.25) is 11.1 Å². The Morgan fingerprint density at radius 3 is 2.33 bits per heavy atom. The summed E-state index contributed by atoms with van der Waals surface area (Å²) in [5, 5.41) is 0. The summed E-state index contributed by atoms with van der Waals surface area (Å²) in [5.41, 5.74) is 5.37. The molecule has 0 saturated carbocycles. The molecule has 1 heterocycles. The van der Waals surface area contributed by atoms with Gasteiger partial charge in [-0.15, -0.1) is 11.6 Å². The summed E-state index contributed by atoms with van der Waals surface area (Å²) in [5.74, 6) is -0.0493. The molecule has 1 nitrogen and oxygen atoms in total. The van der Waals surface area contributed by atoms with Gasteiger partial charge in [0.15, 0.2) is 0 Å². The molecule has 137 valence electrons. The fourth-order valence-corrected chi connectivity index (χ4v) is 3.32. The molecule has 0 N–H and O–H groups in total. The molecule has 27 heavy (non-hydrogen) atoms. The molecule has 1 aliphatic carbocycles. The summed E-state index contributed by atoms with van der Waals surface area (Å²) < 4.78 is 14.0. The SMILES string of the molecule is Fc1ccccc1CC1[C-]=C(Cc2ccccn2)c2ccccc21.[Cl-].[Cl-].[Cr+3]. The minimum atomic E-state index is -0.144. The Kier molecular flexibility index (Phi) is 9.23. The molecule has 0 aliphatic heterocycles. The van der Waals surface area contributed by atoms with Gasteiger partial charge >= 0.3 is 17.4 Å². The Hall–Kier alpha value is -1.63. The minimum Gasteiger partial charge on any atom is -1.00 e. The molecule has 1 unspecified atom stereocenters. The van der Waals surface area contributed by atoms with Gasteiger partial charge in [0.1, 0.15) is 5.82 Å². The van der Waals surface area contributed by atoms with E-state index in [1.54, 1.807) is 6.07 Å². The summed E-state index contributed by atoms with van der Waals surface area (Å²) in [7, 11) is 0. The van der Waals surface area contributed by atoms with Gasteiger partial charge in [-0.25, -0.2) is 9.96 Å². The van der Waals surface area contributed by atoms with E-state index in [0.717, 1.165) is 23.3 Å². The number of pyridine rings is 1. The van der Waals surface area contributed by atoms with Crippen molar-refractivity contribution in [3.05, 3.63) is 107 Å². The Balaban J connectivity index is 0.00000121. The van der Waals surface area contributed by atoms with Gasteiger partial charge in [0, 0.05) is 11.9 Å². The van der Waals surface area contributed by atoms with Crippen molar-refractivity contribution in [2.24, 2.45) is 0 Å². The first-order valence-corrected chi connectivity index (χ1v) is 8.16. The van der Waals surface area contributed by atoms with Crippen LogP contribution in [0.5, 0.6) is 0 Å². The van der Waals surface area contributed by atoms with E-state index in [2.05, 4.69) is 23.2 Å². The number of hydrogen-bond donors (Lipinski definition) is 0. The van der Waals surface area contributed by atoms with Gasteiger partial charge in [0.2, 0.25) is 0 Å². The van der Waals surface area contributed by atoms with Gasteiger partial charge in [-0.2, -0.15) is 5.56 Å². The number of allylic oxidation sites excluding steroid dienone is 2. The molecule has 0 amide bonds. The van der Waals surface area contributed by atoms with Crippen LogP contribution in [0.25, 0.3) is 5.57 Å². The van der Waals surface area contributed by atoms with Crippen molar-refractivity contribution in [1.82, 2.24) is 4.98 Å². The summed E-state index contributed by atoms with van der Waals surface area (Å²) in [6, 6.07) is 21.3. The van der Waals surface area contributed by atoms with Gasteiger partial charge in [0.05, 0.1) is 0 Å². The average Bonchev–Trinajstić information content (AvgIpc) is 2.96. The van der Waals surface area contributed by atoms with Gasteiger partial charge in [-0.1, -0.05) is 48.4 Å². The van der Waals surface area contributed by atoms with E-state index in [4.69, 9.17) is 0 Å². The first kappa shape index (κ1) is 23.4. The zero-order valence-corrected chi connectivity index (χ0v) is 17.2. The molecule has 0 fully saturated rings. The second-order valence-electron chi connectivity index (χ2n) is 6.06. The Morgan fingerprint density at radius 2 is 1.59 bits per heavy atom. The molecule has 1 radical (unpaired) electrons. The Bertz CT molecular complexity index is 900. The second kappa shape index (κ2) is 10.6. The fourth-order valence-electron chi connectivity index (χ4n) is 3.32. The summed E-state index contributed by atoms with van der Waals surface area (Å²) in [6.07, 6.45) is 6.79. The van der Waals surface area contributed by atoms with Crippen LogP contribution in [0.15, 0.2) is 72.9 Å². The smallest absolute Gasteiger partial charge is 1.00 e. The van der Waals surface area contributed by atoms with Gasteiger partial charge in [-0.05, 0) is 36.6 Å². The number of benzene rings is 2. The van der Waals surface area contributed by atoms with E-state index >= 15 is 0 Å². The molecular formula is C22H17Cl2CrFN. The maximum Gasteiger partial charge on any atom is 3.00 e. The first-order valence-electron chi connectivity index (χ1n) is 8.16. The predicted molar refractivity (Wildman–Crippen MR) is 93.9 cm³/mol. The third-order valence-corrected chi connectivity index (χ3v) is 4.48. The summed E-state index contributed by atoms with van der Waals surface area (Å²) in [4.78, 5) is 4.42. The molecule has 5 heteroatoms. The standard InChI is InChI=1S/C22H17FN.2ClH.Cr/c23-22-11-4-1-7-16(22)13-17-14-18(15-19-8-5-6-12-24-19)21-10-3-2-9-20(17)21;;;/h1-12,17H,13,15H2;2*1H;/q-1;;;+3/p-2. The van der Waals surface area contributed by atoms with E-state index in [-0.39, 0.29) is 53.9 Å².